The first kappa shape index (κ1) is 25.2. The van der Waals surface area contributed by atoms with Gasteiger partial charge in [-0.25, -0.2) is 4.39 Å². The molecule has 0 atom stereocenters. The molecule has 4 rings (SSSR count). The van der Waals surface area contributed by atoms with Crippen LogP contribution in [0.5, 0.6) is 11.5 Å². The molecule has 0 radical (unpaired) electrons. The highest BCUT2D eigenvalue weighted by Crippen LogP contribution is 2.44. The molecule has 0 saturated heterocycles. The summed E-state index contributed by atoms with van der Waals surface area (Å²) < 4.78 is 24.9. The van der Waals surface area contributed by atoms with E-state index in [4.69, 9.17) is 9.47 Å². The lowest BCUT2D eigenvalue weighted by Crippen LogP contribution is -2.32. The number of allylic oxidation sites excluding steroid dienone is 2. The molecule has 7 nitrogen and oxygen atoms in total. The molecule has 2 aromatic carbocycles. The third-order valence-electron chi connectivity index (χ3n) is 6.12. The van der Waals surface area contributed by atoms with Crippen molar-refractivity contribution in [1.29, 1.82) is 0 Å². The summed E-state index contributed by atoms with van der Waals surface area (Å²) in [6.07, 6.45) is 3.62. The van der Waals surface area contributed by atoms with E-state index in [2.05, 4.69) is 10.3 Å². The van der Waals surface area contributed by atoms with Crippen LogP contribution in [0.4, 0.5) is 4.39 Å². The molecule has 0 spiro atoms. The molecule has 0 saturated carbocycles. The number of aromatic nitrogens is 1. The van der Waals surface area contributed by atoms with E-state index < -0.39 is 7.12 Å². The van der Waals surface area contributed by atoms with Crippen LogP contribution in [0, 0.1) is 5.82 Å². The van der Waals surface area contributed by atoms with E-state index in [9.17, 15) is 19.2 Å². The number of nitrogens with one attached hydrogen (secondary N) is 1. The Morgan fingerprint density at radius 3 is 2.42 bits per heavy atom. The summed E-state index contributed by atoms with van der Waals surface area (Å²) in [5.74, 6) is -0.0801. The summed E-state index contributed by atoms with van der Waals surface area (Å²) in [4.78, 5) is 17.0. The van der Waals surface area contributed by atoms with E-state index in [0.717, 1.165) is 28.0 Å². The minimum absolute atomic E-state index is 0.0781. The second-order valence-corrected chi connectivity index (χ2v) is 8.34. The molecule has 0 unspecified atom stereocenters. The second-order valence-electron chi connectivity index (χ2n) is 8.34. The van der Waals surface area contributed by atoms with Gasteiger partial charge in [0, 0.05) is 6.20 Å². The number of rotatable bonds is 8. The molecule has 184 valence electrons. The Bertz CT molecular complexity index is 1330. The number of fused-ring (bicyclic) bond motifs is 1. The van der Waals surface area contributed by atoms with Crippen molar-refractivity contribution >= 4 is 35.7 Å². The van der Waals surface area contributed by atoms with Crippen LogP contribution in [0.25, 0.3) is 17.2 Å². The minimum atomic E-state index is -1.77. The predicted octanol–water partition coefficient (Wildman–Crippen LogP) is 2.95. The van der Waals surface area contributed by atoms with Crippen LogP contribution < -0.4 is 20.3 Å². The van der Waals surface area contributed by atoms with Gasteiger partial charge >= 0.3 is 7.12 Å². The molecule has 0 fully saturated rings. The van der Waals surface area contributed by atoms with Crippen molar-refractivity contribution in [3.05, 3.63) is 88.5 Å². The highest BCUT2D eigenvalue weighted by molar-refractivity contribution is 6.61. The standard InChI is InChI=1S/C27H26BFN2O5/c1-16-21(10-17-11-24(35-2)27(28(33)34)25(12-17)36-3)20-8-7-18(29)13-23(20)22(16)14-26(32)31-15-19-6-4-5-9-30-19/h4-13,33-34H,14-15H2,1-3H3,(H,31,32)/b21-10-. The van der Waals surface area contributed by atoms with E-state index in [1.165, 1.54) is 26.4 Å². The average molecular weight is 488 g/mol. The maximum absolute atomic E-state index is 14.2. The number of nitrogens with zero attached hydrogens (tertiary/aromatic N) is 1. The number of hydrogen-bond acceptors (Lipinski definition) is 6. The van der Waals surface area contributed by atoms with Crippen LogP contribution >= 0.6 is 0 Å². The van der Waals surface area contributed by atoms with Gasteiger partial charge in [0.05, 0.1) is 38.3 Å². The van der Waals surface area contributed by atoms with Gasteiger partial charge < -0.3 is 24.8 Å². The molecule has 9 heteroatoms. The highest BCUT2D eigenvalue weighted by atomic mass is 19.1. The molecule has 36 heavy (non-hydrogen) atoms. The molecule has 3 aromatic rings. The maximum Gasteiger partial charge on any atom is 0.496 e. The number of ether oxygens (including phenoxy) is 2. The molecule has 1 aromatic heterocycles. The van der Waals surface area contributed by atoms with Gasteiger partial charge in [-0.3, -0.25) is 9.78 Å². The van der Waals surface area contributed by atoms with Crippen molar-refractivity contribution in [2.75, 3.05) is 14.2 Å². The first-order chi connectivity index (χ1) is 17.3. The molecule has 1 aliphatic rings. The Morgan fingerprint density at radius 2 is 1.81 bits per heavy atom. The van der Waals surface area contributed by atoms with E-state index in [-0.39, 0.29) is 35.1 Å². The SMILES string of the molecule is COc1cc(/C=C2/C(C)=C(CC(=O)NCc3ccccn3)c3cc(F)ccc32)cc(OC)c1B(O)O. The maximum atomic E-state index is 14.2. The Kier molecular flexibility index (Phi) is 7.52. The average Bonchev–Trinajstić information content (AvgIpc) is 3.12. The third-order valence-corrected chi connectivity index (χ3v) is 6.12. The lowest BCUT2D eigenvalue weighted by atomic mass is 9.78. The highest BCUT2D eigenvalue weighted by Gasteiger charge is 2.27. The zero-order valence-corrected chi connectivity index (χ0v) is 20.2. The molecular weight excluding hydrogens is 462 g/mol. The Labute approximate surface area is 209 Å². The van der Waals surface area contributed by atoms with Crippen LogP contribution in [0.1, 0.15) is 35.7 Å². The third kappa shape index (κ3) is 5.17. The summed E-state index contributed by atoms with van der Waals surface area (Å²) in [6.45, 7) is 2.19. The topological polar surface area (TPSA) is 101 Å². The number of methoxy groups -OCH3 is 2. The second kappa shape index (κ2) is 10.8. The fourth-order valence-corrected chi connectivity index (χ4v) is 4.36. The summed E-state index contributed by atoms with van der Waals surface area (Å²) >= 11 is 0. The van der Waals surface area contributed by atoms with Crippen molar-refractivity contribution in [2.24, 2.45) is 0 Å². The van der Waals surface area contributed by atoms with Crippen molar-refractivity contribution in [2.45, 2.75) is 19.9 Å². The largest absolute Gasteiger partial charge is 0.497 e. The van der Waals surface area contributed by atoms with Crippen molar-refractivity contribution in [3.8, 4) is 11.5 Å². The van der Waals surface area contributed by atoms with Gasteiger partial charge in [0.15, 0.2) is 0 Å². The molecule has 1 heterocycles. The number of benzene rings is 2. The minimum Gasteiger partial charge on any atom is -0.497 e. The summed E-state index contributed by atoms with van der Waals surface area (Å²) in [5.41, 5.74) is 5.39. The summed E-state index contributed by atoms with van der Waals surface area (Å²) in [7, 11) is 1.08. The van der Waals surface area contributed by atoms with Crippen molar-refractivity contribution in [1.82, 2.24) is 10.3 Å². The van der Waals surface area contributed by atoms with Gasteiger partial charge in [-0.15, -0.1) is 0 Å². The fourth-order valence-electron chi connectivity index (χ4n) is 4.36. The molecule has 0 bridgehead atoms. The van der Waals surface area contributed by atoms with Crippen molar-refractivity contribution in [3.63, 3.8) is 0 Å². The number of carbonyl (C=O) groups is 1. The van der Waals surface area contributed by atoms with E-state index >= 15 is 0 Å². The Balaban J connectivity index is 1.70. The summed E-state index contributed by atoms with van der Waals surface area (Å²) in [5, 5.41) is 22.4. The summed E-state index contributed by atoms with van der Waals surface area (Å²) in [6, 6.07) is 13.3. The van der Waals surface area contributed by atoms with Gasteiger partial charge in [0.1, 0.15) is 17.3 Å². The van der Waals surface area contributed by atoms with Gasteiger partial charge in [0.2, 0.25) is 5.91 Å². The number of amides is 1. The lowest BCUT2D eigenvalue weighted by Gasteiger charge is -2.14. The van der Waals surface area contributed by atoms with Crippen LogP contribution in [-0.2, 0) is 11.3 Å². The lowest BCUT2D eigenvalue weighted by molar-refractivity contribution is -0.120. The molecule has 3 N–H and O–H groups in total. The Morgan fingerprint density at radius 1 is 1.08 bits per heavy atom. The number of halogens is 1. The zero-order valence-electron chi connectivity index (χ0n) is 20.2. The fraction of sp³-hybridized carbons (Fsp3) is 0.185. The number of hydrogen-bond donors (Lipinski definition) is 3. The van der Waals surface area contributed by atoms with Crippen LogP contribution in [-0.4, -0.2) is 42.3 Å². The van der Waals surface area contributed by atoms with Gasteiger partial charge in [0.25, 0.3) is 0 Å². The van der Waals surface area contributed by atoms with Crippen LogP contribution in [0.3, 0.4) is 0 Å². The van der Waals surface area contributed by atoms with Crippen LogP contribution in [0.15, 0.2) is 60.3 Å². The van der Waals surface area contributed by atoms with Gasteiger partial charge in [-0.1, -0.05) is 12.1 Å². The predicted molar refractivity (Wildman–Crippen MR) is 137 cm³/mol. The van der Waals surface area contributed by atoms with E-state index in [1.54, 1.807) is 24.4 Å². The molecule has 0 aliphatic heterocycles. The zero-order chi connectivity index (χ0) is 25.8. The smallest absolute Gasteiger partial charge is 0.496 e. The molecule has 1 amide bonds. The quantitative estimate of drug-likeness (QED) is 0.422. The molecule has 1 aliphatic carbocycles. The van der Waals surface area contributed by atoms with Gasteiger partial charge in [-0.2, -0.15) is 0 Å². The normalized spacial score (nSPS) is 13.6. The Hall–Kier alpha value is -3.95. The molecular formula is C27H26BFN2O5. The van der Waals surface area contributed by atoms with E-state index in [0.29, 0.717) is 17.7 Å². The number of carbonyl (C=O) groups excluding carboxylic acids is 1. The monoisotopic (exact) mass is 488 g/mol. The first-order valence-corrected chi connectivity index (χ1v) is 11.3. The number of pyridine rings is 1. The first-order valence-electron chi connectivity index (χ1n) is 11.3. The van der Waals surface area contributed by atoms with E-state index in [1.807, 2.05) is 31.2 Å². The van der Waals surface area contributed by atoms with Crippen molar-refractivity contribution < 1.29 is 28.7 Å². The van der Waals surface area contributed by atoms with Crippen LogP contribution in [0.2, 0.25) is 0 Å². The van der Waals surface area contributed by atoms with Gasteiger partial charge in [-0.05, 0) is 82.8 Å².